The van der Waals surface area contributed by atoms with E-state index < -0.39 is 0 Å². The Morgan fingerprint density at radius 1 is 1.45 bits per heavy atom. The molecule has 0 amide bonds. The summed E-state index contributed by atoms with van der Waals surface area (Å²) in [6, 6.07) is 6.40. The Bertz CT molecular complexity index is 273. The Morgan fingerprint density at radius 2 is 2.36 bits per heavy atom. The van der Waals surface area contributed by atoms with Crippen molar-refractivity contribution in [2.75, 3.05) is 6.79 Å². The minimum Gasteiger partial charge on any atom is -0.466 e. The minimum atomic E-state index is 0.288. The normalized spacial score (nSPS) is 15.4. The monoisotopic (exact) mass is 169 g/mol. The van der Waals surface area contributed by atoms with Gasteiger partial charge in [-0.05, 0) is 18.2 Å². The van der Waals surface area contributed by atoms with Crippen molar-refractivity contribution in [3.63, 3.8) is 0 Å². The topological polar surface area (TPSA) is 18.5 Å². The summed E-state index contributed by atoms with van der Waals surface area (Å²) in [6.45, 7) is 0.850. The van der Waals surface area contributed by atoms with E-state index in [0.29, 0.717) is 11.6 Å². The van der Waals surface area contributed by atoms with E-state index >= 15 is 0 Å². The van der Waals surface area contributed by atoms with E-state index in [2.05, 4.69) is 6.07 Å². The van der Waals surface area contributed by atoms with Gasteiger partial charge in [0.25, 0.3) is 0 Å². The number of ether oxygens (including phenoxy) is 2. The van der Waals surface area contributed by atoms with Gasteiger partial charge in [-0.15, -0.1) is 0 Å². The van der Waals surface area contributed by atoms with Crippen molar-refractivity contribution >= 4 is 11.6 Å². The maximum Gasteiger partial charge on any atom is 0.189 e. The van der Waals surface area contributed by atoms with Gasteiger partial charge < -0.3 is 9.47 Å². The van der Waals surface area contributed by atoms with Gasteiger partial charge in [0.15, 0.2) is 6.79 Å². The quantitative estimate of drug-likeness (QED) is 0.592. The second-order valence-electron chi connectivity index (χ2n) is 2.27. The largest absolute Gasteiger partial charge is 0.466 e. The van der Waals surface area contributed by atoms with Crippen LogP contribution in [-0.4, -0.2) is 6.79 Å². The molecule has 3 heteroatoms. The van der Waals surface area contributed by atoms with Gasteiger partial charge in [0.2, 0.25) is 0 Å². The molecule has 1 aromatic carbocycles. The molecule has 0 saturated heterocycles. The van der Waals surface area contributed by atoms with Crippen molar-refractivity contribution in [2.24, 2.45) is 0 Å². The Morgan fingerprint density at radius 3 is 3.18 bits per heavy atom. The van der Waals surface area contributed by atoms with Crippen molar-refractivity contribution in [3.8, 4) is 5.75 Å². The van der Waals surface area contributed by atoms with E-state index in [1.54, 1.807) is 6.07 Å². The molecule has 2 nitrogen and oxygen atoms in total. The molecular formula is C8H6ClO2. The molecule has 11 heavy (non-hydrogen) atoms. The predicted octanol–water partition coefficient (Wildman–Crippen LogP) is 2.01. The zero-order chi connectivity index (χ0) is 7.68. The first-order valence-corrected chi connectivity index (χ1v) is 3.65. The molecule has 0 spiro atoms. The minimum absolute atomic E-state index is 0.288. The first-order chi connectivity index (χ1) is 5.38. The third-order valence-electron chi connectivity index (χ3n) is 1.52. The molecule has 0 saturated carbocycles. The van der Waals surface area contributed by atoms with Gasteiger partial charge in [-0.25, -0.2) is 0 Å². The molecule has 1 radical (unpaired) electrons. The van der Waals surface area contributed by atoms with E-state index in [9.17, 15) is 0 Å². The highest BCUT2D eigenvalue weighted by atomic mass is 35.5. The smallest absolute Gasteiger partial charge is 0.189 e. The van der Waals surface area contributed by atoms with Crippen molar-refractivity contribution < 1.29 is 9.47 Å². The summed E-state index contributed by atoms with van der Waals surface area (Å²) in [5.41, 5.74) is 0.962. The van der Waals surface area contributed by atoms with Gasteiger partial charge in [-0.2, -0.15) is 0 Å². The molecule has 2 rings (SSSR count). The average Bonchev–Trinajstić information content (AvgIpc) is 2.06. The standard InChI is InChI=1S/C8H6ClO2/c9-7-3-1-2-6-4-10-5-11-8(6)7/h2-3H,4-5H2. The van der Waals surface area contributed by atoms with Crippen LogP contribution in [0.1, 0.15) is 5.56 Å². The second kappa shape index (κ2) is 2.72. The summed E-state index contributed by atoms with van der Waals surface area (Å²) >= 11 is 5.83. The summed E-state index contributed by atoms with van der Waals surface area (Å²) in [4.78, 5) is 0. The van der Waals surface area contributed by atoms with Gasteiger partial charge in [0, 0.05) is 5.56 Å². The lowest BCUT2D eigenvalue weighted by Crippen LogP contribution is -2.11. The SMILES string of the molecule is Clc1c[c]cc2c1OCOC2. The third kappa shape index (κ3) is 1.19. The van der Waals surface area contributed by atoms with Crippen LogP contribution >= 0.6 is 11.6 Å². The van der Waals surface area contributed by atoms with E-state index in [4.69, 9.17) is 21.1 Å². The first kappa shape index (κ1) is 6.95. The van der Waals surface area contributed by atoms with Crippen LogP contribution in [0.5, 0.6) is 5.75 Å². The summed E-state index contributed by atoms with van der Waals surface area (Å²) in [5.74, 6) is 0.733. The Hall–Kier alpha value is -0.730. The lowest BCUT2D eigenvalue weighted by atomic mass is 10.2. The third-order valence-corrected chi connectivity index (χ3v) is 1.80. The Balaban J connectivity index is 2.49. The van der Waals surface area contributed by atoms with Gasteiger partial charge in [0.05, 0.1) is 11.6 Å². The summed E-state index contributed by atoms with van der Waals surface area (Å²) < 4.78 is 10.2. The molecule has 57 valence electrons. The van der Waals surface area contributed by atoms with Crippen LogP contribution in [0.15, 0.2) is 12.1 Å². The molecule has 0 aromatic heterocycles. The molecule has 0 unspecified atom stereocenters. The molecule has 0 bridgehead atoms. The van der Waals surface area contributed by atoms with Crippen molar-refractivity contribution in [1.82, 2.24) is 0 Å². The molecule has 1 aromatic rings. The Kier molecular flexibility index (Phi) is 1.72. The molecule has 0 aliphatic carbocycles. The van der Waals surface area contributed by atoms with Crippen LogP contribution in [0.25, 0.3) is 0 Å². The predicted molar refractivity (Wildman–Crippen MR) is 40.6 cm³/mol. The van der Waals surface area contributed by atoms with E-state index in [-0.39, 0.29) is 6.79 Å². The van der Waals surface area contributed by atoms with Gasteiger partial charge in [0.1, 0.15) is 5.75 Å². The molecule has 0 N–H and O–H groups in total. The lowest BCUT2D eigenvalue weighted by molar-refractivity contribution is -0.0163. The molecule has 1 heterocycles. The molecule has 0 atom stereocenters. The zero-order valence-electron chi connectivity index (χ0n) is 5.76. The van der Waals surface area contributed by atoms with Gasteiger partial charge >= 0.3 is 0 Å². The highest BCUT2D eigenvalue weighted by Crippen LogP contribution is 2.30. The number of hydrogen-bond acceptors (Lipinski definition) is 2. The summed E-state index contributed by atoms with van der Waals surface area (Å²) in [7, 11) is 0. The van der Waals surface area contributed by atoms with E-state index in [1.807, 2.05) is 6.07 Å². The van der Waals surface area contributed by atoms with Crippen LogP contribution in [-0.2, 0) is 11.3 Å². The number of halogens is 1. The highest BCUT2D eigenvalue weighted by molar-refractivity contribution is 6.32. The van der Waals surface area contributed by atoms with Crippen LogP contribution in [0.3, 0.4) is 0 Å². The van der Waals surface area contributed by atoms with Crippen LogP contribution in [0, 0.1) is 6.07 Å². The fraction of sp³-hybridized carbons (Fsp3) is 0.250. The van der Waals surface area contributed by atoms with E-state index in [0.717, 1.165) is 11.3 Å². The molecule has 1 aliphatic rings. The first-order valence-electron chi connectivity index (χ1n) is 3.27. The number of fused-ring (bicyclic) bond motifs is 1. The summed E-state index contributed by atoms with van der Waals surface area (Å²) in [5, 5.41) is 0.603. The zero-order valence-corrected chi connectivity index (χ0v) is 6.52. The number of benzene rings is 1. The number of hydrogen-bond donors (Lipinski definition) is 0. The molecule has 0 fully saturated rings. The van der Waals surface area contributed by atoms with Crippen molar-refractivity contribution in [3.05, 3.63) is 28.8 Å². The number of rotatable bonds is 0. The van der Waals surface area contributed by atoms with Crippen LogP contribution in [0.4, 0.5) is 0 Å². The van der Waals surface area contributed by atoms with Crippen LogP contribution in [0.2, 0.25) is 5.02 Å². The fourth-order valence-electron chi connectivity index (χ4n) is 1.02. The molecular weight excluding hydrogens is 164 g/mol. The van der Waals surface area contributed by atoms with Crippen LogP contribution < -0.4 is 4.74 Å². The van der Waals surface area contributed by atoms with E-state index in [1.165, 1.54) is 0 Å². The second-order valence-corrected chi connectivity index (χ2v) is 2.68. The highest BCUT2D eigenvalue weighted by Gasteiger charge is 2.12. The van der Waals surface area contributed by atoms with Crippen molar-refractivity contribution in [2.45, 2.75) is 6.61 Å². The van der Waals surface area contributed by atoms with Gasteiger partial charge in [-0.1, -0.05) is 11.6 Å². The Labute approximate surface area is 69.7 Å². The fourth-order valence-corrected chi connectivity index (χ4v) is 1.26. The summed E-state index contributed by atoms with van der Waals surface area (Å²) in [6.07, 6.45) is 0. The van der Waals surface area contributed by atoms with Gasteiger partial charge in [-0.3, -0.25) is 0 Å². The maximum absolute atomic E-state index is 5.83. The average molecular weight is 170 g/mol. The van der Waals surface area contributed by atoms with Crippen molar-refractivity contribution in [1.29, 1.82) is 0 Å². The molecule has 1 aliphatic heterocycles. The maximum atomic E-state index is 5.83. The lowest BCUT2D eigenvalue weighted by Gasteiger charge is -2.17.